The van der Waals surface area contributed by atoms with Gasteiger partial charge in [0.25, 0.3) is 5.91 Å². The van der Waals surface area contributed by atoms with E-state index in [0.29, 0.717) is 29.0 Å². The van der Waals surface area contributed by atoms with E-state index in [1.807, 2.05) is 24.3 Å². The second kappa shape index (κ2) is 9.92. The van der Waals surface area contributed by atoms with Gasteiger partial charge in [-0.25, -0.2) is 0 Å². The highest BCUT2D eigenvalue weighted by molar-refractivity contribution is 6.31. The molecule has 2 aromatic rings. The van der Waals surface area contributed by atoms with Crippen LogP contribution in [0.5, 0.6) is 0 Å². The summed E-state index contributed by atoms with van der Waals surface area (Å²) in [6.45, 7) is 2.90. The molecule has 7 heteroatoms. The topological polar surface area (TPSA) is 54.0 Å². The third-order valence-electron chi connectivity index (χ3n) is 5.27. The van der Waals surface area contributed by atoms with Crippen molar-refractivity contribution < 1.29 is 4.79 Å². The lowest BCUT2D eigenvalue weighted by atomic mass is 9.96. The first-order valence-electron chi connectivity index (χ1n) is 9.30. The smallest absolute Gasteiger partial charge is 0.252 e. The number of hydrogen-bond donors (Lipinski definition) is 2. The summed E-state index contributed by atoms with van der Waals surface area (Å²) in [7, 11) is 0. The van der Waals surface area contributed by atoms with E-state index < -0.39 is 0 Å². The molecule has 1 aliphatic heterocycles. The molecule has 1 aromatic heterocycles. The highest BCUT2D eigenvalue weighted by Crippen LogP contribution is 2.40. The zero-order valence-electron chi connectivity index (χ0n) is 15.2. The Morgan fingerprint density at radius 2 is 2.04 bits per heavy atom. The van der Waals surface area contributed by atoms with Crippen molar-refractivity contribution in [2.24, 2.45) is 5.92 Å². The number of rotatable bonds is 5. The van der Waals surface area contributed by atoms with E-state index in [0.717, 1.165) is 36.1 Å². The zero-order valence-corrected chi connectivity index (χ0v) is 17.6. The maximum absolute atomic E-state index is 12.8. The summed E-state index contributed by atoms with van der Waals surface area (Å²) in [5, 5.41) is 8.01. The number of fused-ring (bicyclic) bond motifs is 1. The van der Waals surface area contributed by atoms with Crippen LogP contribution in [0.3, 0.4) is 0 Å². The lowest BCUT2D eigenvalue weighted by Gasteiger charge is -2.22. The van der Waals surface area contributed by atoms with Crippen LogP contribution in [-0.2, 0) is 0 Å². The molecule has 1 aliphatic carbocycles. The van der Waals surface area contributed by atoms with Crippen LogP contribution in [0.4, 0.5) is 0 Å². The van der Waals surface area contributed by atoms with Crippen LogP contribution in [-0.4, -0.2) is 30.5 Å². The van der Waals surface area contributed by atoms with Gasteiger partial charge in [0.1, 0.15) is 0 Å². The fourth-order valence-electron chi connectivity index (χ4n) is 3.65. The number of piperidine rings is 1. The van der Waals surface area contributed by atoms with Crippen LogP contribution in [0.2, 0.25) is 5.02 Å². The number of aromatic nitrogens is 1. The first-order valence-corrected chi connectivity index (χ1v) is 9.67. The number of halogens is 3. The molecule has 2 fully saturated rings. The Hall–Kier alpha value is -1.07. The van der Waals surface area contributed by atoms with Crippen molar-refractivity contribution in [2.75, 3.05) is 19.6 Å². The quantitative estimate of drug-likeness (QED) is 0.721. The van der Waals surface area contributed by atoms with Gasteiger partial charge in [-0.05, 0) is 75.4 Å². The third kappa shape index (κ3) is 5.47. The van der Waals surface area contributed by atoms with E-state index in [-0.39, 0.29) is 30.7 Å². The molecule has 2 N–H and O–H groups in total. The van der Waals surface area contributed by atoms with Crippen molar-refractivity contribution in [3.63, 3.8) is 0 Å². The largest absolute Gasteiger partial charge is 0.352 e. The summed E-state index contributed by atoms with van der Waals surface area (Å²) in [4.78, 5) is 17.5. The number of nitrogens with zero attached hydrogens (tertiary/aromatic N) is 1. The van der Waals surface area contributed by atoms with Crippen molar-refractivity contribution in [3.05, 3.63) is 40.5 Å². The summed E-state index contributed by atoms with van der Waals surface area (Å²) >= 11 is 6.15. The van der Waals surface area contributed by atoms with Crippen LogP contribution >= 0.6 is 36.4 Å². The maximum Gasteiger partial charge on any atom is 0.252 e. The van der Waals surface area contributed by atoms with E-state index >= 15 is 0 Å². The van der Waals surface area contributed by atoms with Gasteiger partial charge in [0.15, 0.2) is 0 Å². The van der Waals surface area contributed by atoms with Crippen molar-refractivity contribution >= 4 is 53.2 Å². The van der Waals surface area contributed by atoms with Gasteiger partial charge in [-0.2, -0.15) is 0 Å². The summed E-state index contributed by atoms with van der Waals surface area (Å²) in [6.07, 6.45) is 5.85. The second-order valence-electron chi connectivity index (χ2n) is 7.29. The summed E-state index contributed by atoms with van der Waals surface area (Å²) in [6, 6.07) is 7.56. The number of hydrogen-bond acceptors (Lipinski definition) is 3. The average Bonchev–Trinajstić information content (AvgIpc) is 3.47. The van der Waals surface area contributed by atoms with Gasteiger partial charge in [0.05, 0.1) is 11.1 Å². The normalized spacial score (nSPS) is 19.1. The molecular formula is C20H26Cl3N3O. The van der Waals surface area contributed by atoms with Gasteiger partial charge in [-0.15, -0.1) is 24.8 Å². The Morgan fingerprint density at radius 1 is 1.22 bits per heavy atom. The minimum absolute atomic E-state index is 0. The van der Waals surface area contributed by atoms with E-state index in [1.165, 1.54) is 25.7 Å². The molecule has 1 amide bonds. The van der Waals surface area contributed by atoms with Gasteiger partial charge in [-0.3, -0.25) is 9.78 Å². The fourth-order valence-corrected chi connectivity index (χ4v) is 3.82. The number of benzene rings is 1. The molecule has 0 spiro atoms. The van der Waals surface area contributed by atoms with Gasteiger partial charge in [0, 0.05) is 28.6 Å². The molecule has 1 unspecified atom stereocenters. The minimum Gasteiger partial charge on any atom is -0.352 e. The van der Waals surface area contributed by atoms with Crippen molar-refractivity contribution in [1.29, 1.82) is 0 Å². The Bertz CT molecular complexity index is 789. The molecule has 1 saturated heterocycles. The van der Waals surface area contributed by atoms with Gasteiger partial charge in [0.2, 0.25) is 0 Å². The lowest BCUT2D eigenvalue weighted by Crippen LogP contribution is -2.33. The Kier molecular flexibility index (Phi) is 8.17. The van der Waals surface area contributed by atoms with E-state index in [4.69, 9.17) is 16.6 Å². The monoisotopic (exact) mass is 429 g/mol. The molecule has 0 radical (unpaired) electrons. The van der Waals surface area contributed by atoms with E-state index in [9.17, 15) is 4.79 Å². The van der Waals surface area contributed by atoms with Crippen molar-refractivity contribution in [1.82, 2.24) is 15.6 Å². The van der Waals surface area contributed by atoms with Gasteiger partial charge < -0.3 is 10.6 Å². The molecule has 148 valence electrons. The van der Waals surface area contributed by atoms with E-state index in [1.54, 1.807) is 0 Å². The molecule has 2 aliphatic rings. The summed E-state index contributed by atoms with van der Waals surface area (Å²) in [5.74, 6) is 1.17. The Labute approximate surface area is 177 Å². The van der Waals surface area contributed by atoms with Crippen molar-refractivity contribution in [3.8, 4) is 0 Å². The van der Waals surface area contributed by atoms with Gasteiger partial charge in [-0.1, -0.05) is 11.6 Å². The standard InChI is InChI=1S/C20H24ClN3O.2ClH/c21-15-5-6-18-16(10-15)17(11-19(24-18)14-3-4-14)20(25)23-9-7-13-2-1-8-22-12-13;;/h5-6,10-11,13-14,22H,1-4,7-9,12H2,(H,23,25);2*1H. The Balaban J connectivity index is 0.00000131. The molecule has 0 bridgehead atoms. The number of pyridine rings is 1. The average molecular weight is 431 g/mol. The van der Waals surface area contributed by atoms with Crippen LogP contribution in [0.25, 0.3) is 10.9 Å². The lowest BCUT2D eigenvalue weighted by molar-refractivity contribution is 0.0952. The summed E-state index contributed by atoms with van der Waals surface area (Å²) < 4.78 is 0. The van der Waals surface area contributed by atoms with Crippen LogP contribution in [0.15, 0.2) is 24.3 Å². The van der Waals surface area contributed by atoms with E-state index in [2.05, 4.69) is 10.6 Å². The minimum atomic E-state index is -0.0136. The SMILES string of the molecule is Cl.Cl.O=C(NCCC1CCCNC1)c1cc(C2CC2)nc2ccc(Cl)cc12. The van der Waals surface area contributed by atoms with Crippen LogP contribution < -0.4 is 10.6 Å². The zero-order chi connectivity index (χ0) is 17.2. The summed E-state index contributed by atoms with van der Waals surface area (Å²) in [5.41, 5.74) is 2.60. The first kappa shape index (κ1) is 22.2. The number of amides is 1. The highest BCUT2D eigenvalue weighted by atomic mass is 35.5. The van der Waals surface area contributed by atoms with Gasteiger partial charge >= 0.3 is 0 Å². The molecule has 2 heterocycles. The second-order valence-corrected chi connectivity index (χ2v) is 7.72. The van der Waals surface area contributed by atoms with Crippen LogP contribution in [0, 0.1) is 5.92 Å². The molecular weight excluding hydrogens is 405 g/mol. The number of nitrogens with one attached hydrogen (secondary N) is 2. The Morgan fingerprint density at radius 3 is 2.74 bits per heavy atom. The number of carbonyl (C=O) groups is 1. The molecule has 4 rings (SSSR count). The predicted octanol–water partition coefficient (Wildman–Crippen LogP) is 4.73. The fraction of sp³-hybridized carbons (Fsp3) is 0.500. The molecule has 27 heavy (non-hydrogen) atoms. The predicted molar refractivity (Wildman–Crippen MR) is 116 cm³/mol. The number of carbonyl (C=O) groups excluding carboxylic acids is 1. The van der Waals surface area contributed by atoms with Crippen molar-refractivity contribution in [2.45, 2.75) is 38.0 Å². The molecule has 4 nitrogen and oxygen atoms in total. The maximum atomic E-state index is 12.8. The molecule has 1 aromatic carbocycles. The molecule has 1 saturated carbocycles. The first-order chi connectivity index (χ1) is 12.2. The third-order valence-corrected chi connectivity index (χ3v) is 5.50. The molecule has 1 atom stereocenters. The highest BCUT2D eigenvalue weighted by Gasteiger charge is 2.27. The van der Waals surface area contributed by atoms with Crippen LogP contribution in [0.1, 0.15) is 54.1 Å².